The lowest BCUT2D eigenvalue weighted by atomic mass is 10.1. The van der Waals surface area contributed by atoms with Gasteiger partial charge < -0.3 is 20.1 Å². The number of methoxy groups -OCH3 is 1. The highest BCUT2D eigenvalue weighted by Gasteiger charge is 2.04. The zero-order chi connectivity index (χ0) is 18.5. The summed E-state index contributed by atoms with van der Waals surface area (Å²) in [5, 5.41) is 6.44. The Hall–Kier alpha value is -0.930. The molecule has 1 aromatic rings. The highest BCUT2D eigenvalue weighted by Crippen LogP contribution is 2.12. The van der Waals surface area contributed by atoms with Gasteiger partial charge >= 0.3 is 0 Å². The summed E-state index contributed by atoms with van der Waals surface area (Å²) in [7, 11) is 1.56. The maximum absolute atomic E-state index is 13.6. The molecule has 0 aliphatic carbocycles. The molecule has 0 fully saturated rings. The van der Waals surface area contributed by atoms with E-state index < -0.39 is 0 Å². The summed E-state index contributed by atoms with van der Waals surface area (Å²) in [5.41, 5.74) is 1.49. The first-order valence-corrected chi connectivity index (χ1v) is 8.93. The van der Waals surface area contributed by atoms with Crippen LogP contribution in [0.4, 0.5) is 4.39 Å². The van der Waals surface area contributed by atoms with Gasteiger partial charge in [0.25, 0.3) is 0 Å². The van der Waals surface area contributed by atoms with E-state index in [-0.39, 0.29) is 36.4 Å². The number of aliphatic imine (C=N–C) groups is 1. The molecule has 0 unspecified atom stereocenters. The molecular formula is C19H33FIN3O2. The number of halogens is 2. The van der Waals surface area contributed by atoms with Gasteiger partial charge in [-0.3, -0.25) is 0 Å². The van der Waals surface area contributed by atoms with Gasteiger partial charge in [0.15, 0.2) is 5.96 Å². The van der Waals surface area contributed by atoms with Gasteiger partial charge in [-0.15, -0.1) is 24.0 Å². The third-order valence-electron chi connectivity index (χ3n) is 3.55. The molecule has 0 bridgehead atoms. The third-order valence-corrected chi connectivity index (χ3v) is 3.55. The van der Waals surface area contributed by atoms with Crippen molar-refractivity contribution in [2.24, 2.45) is 10.9 Å². The molecule has 150 valence electrons. The third kappa shape index (κ3) is 10.9. The minimum atomic E-state index is -0.252. The van der Waals surface area contributed by atoms with E-state index in [9.17, 15) is 4.39 Å². The predicted octanol–water partition coefficient (Wildman–Crippen LogP) is 3.71. The van der Waals surface area contributed by atoms with Gasteiger partial charge in [-0.1, -0.05) is 19.9 Å². The topological polar surface area (TPSA) is 54.9 Å². The van der Waals surface area contributed by atoms with Gasteiger partial charge in [0.1, 0.15) is 5.82 Å². The van der Waals surface area contributed by atoms with E-state index in [1.54, 1.807) is 19.2 Å². The lowest BCUT2D eigenvalue weighted by molar-refractivity contribution is 0.128. The summed E-state index contributed by atoms with van der Waals surface area (Å²) in [6.45, 7) is 10.0. The number of rotatable bonds is 11. The molecule has 5 nitrogen and oxygen atoms in total. The molecule has 0 aliphatic rings. The van der Waals surface area contributed by atoms with Crippen LogP contribution in [0.5, 0.6) is 0 Å². The van der Waals surface area contributed by atoms with Crippen LogP contribution < -0.4 is 10.6 Å². The minimum absolute atomic E-state index is 0. The molecule has 0 amide bonds. The second-order valence-electron chi connectivity index (χ2n) is 6.28. The van der Waals surface area contributed by atoms with Crippen LogP contribution in [-0.4, -0.2) is 39.4 Å². The van der Waals surface area contributed by atoms with Gasteiger partial charge in [-0.05, 0) is 37.0 Å². The van der Waals surface area contributed by atoms with Crippen LogP contribution in [0.1, 0.15) is 38.3 Å². The van der Waals surface area contributed by atoms with Crippen molar-refractivity contribution in [2.45, 2.75) is 40.3 Å². The fraction of sp³-hybridized carbons (Fsp3) is 0.632. The van der Waals surface area contributed by atoms with Crippen molar-refractivity contribution in [1.82, 2.24) is 10.6 Å². The first-order valence-electron chi connectivity index (χ1n) is 8.93. The molecular weight excluding hydrogens is 448 g/mol. The average Bonchev–Trinajstić information content (AvgIpc) is 2.58. The van der Waals surface area contributed by atoms with E-state index in [1.807, 2.05) is 6.92 Å². The second kappa shape index (κ2) is 15.2. The summed E-state index contributed by atoms with van der Waals surface area (Å²) >= 11 is 0. The summed E-state index contributed by atoms with van der Waals surface area (Å²) in [4.78, 5) is 4.54. The fourth-order valence-electron chi connectivity index (χ4n) is 2.17. The van der Waals surface area contributed by atoms with Gasteiger partial charge in [0.2, 0.25) is 0 Å². The Kier molecular flexibility index (Phi) is 14.6. The van der Waals surface area contributed by atoms with Crippen molar-refractivity contribution >= 4 is 29.9 Å². The van der Waals surface area contributed by atoms with Gasteiger partial charge in [0.05, 0.1) is 19.8 Å². The molecule has 2 N–H and O–H groups in total. The highest BCUT2D eigenvalue weighted by molar-refractivity contribution is 14.0. The Balaban J connectivity index is 0.00000625. The van der Waals surface area contributed by atoms with Crippen LogP contribution in [0.2, 0.25) is 0 Å². The largest absolute Gasteiger partial charge is 0.380 e. The molecule has 0 aliphatic heterocycles. The van der Waals surface area contributed by atoms with E-state index in [2.05, 4.69) is 29.5 Å². The highest BCUT2D eigenvalue weighted by atomic mass is 127. The predicted molar refractivity (Wildman–Crippen MR) is 116 cm³/mol. The van der Waals surface area contributed by atoms with Crippen LogP contribution in [-0.2, 0) is 22.6 Å². The Bertz CT molecular complexity index is 528. The van der Waals surface area contributed by atoms with Crippen LogP contribution in [0.15, 0.2) is 23.2 Å². The number of hydrogen-bond donors (Lipinski definition) is 2. The summed E-state index contributed by atoms with van der Waals surface area (Å²) in [6, 6.07) is 5.00. The molecule has 0 saturated heterocycles. The van der Waals surface area contributed by atoms with Crippen molar-refractivity contribution in [3.8, 4) is 0 Å². The number of nitrogens with zero attached hydrogens (tertiary/aromatic N) is 1. The van der Waals surface area contributed by atoms with Crippen molar-refractivity contribution in [3.05, 3.63) is 35.1 Å². The van der Waals surface area contributed by atoms with Gasteiger partial charge in [-0.2, -0.15) is 0 Å². The molecule has 26 heavy (non-hydrogen) atoms. The zero-order valence-corrected chi connectivity index (χ0v) is 18.6. The van der Waals surface area contributed by atoms with E-state index in [0.29, 0.717) is 31.2 Å². The van der Waals surface area contributed by atoms with E-state index in [4.69, 9.17) is 9.47 Å². The molecule has 0 spiro atoms. The van der Waals surface area contributed by atoms with Crippen molar-refractivity contribution < 1.29 is 13.9 Å². The Morgan fingerprint density at radius 1 is 1.23 bits per heavy atom. The monoisotopic (exact) mass is 481 g/mol. The van der Waals surface area contributed by atoms with Crippen LogP contribution in [0.25, 0.3) is 0 Å². The summed E-state index contributed by atoms with van der Waals surface area (Å²) in [5.74, 6) is 1.14. The summed E-state index contributed by atoms with van der Waals surface area (Å²) in [6.07, 6.45) is 1.07. The quantitative estimate of drug-likeness (QED) is 0.219. The van der Waals surface area contributed by atoms with E-state index >= 15 is 0 Å². The smallest absolute Gasteiger partial charge is 0.191 e. The first-order chi connectivity index (χ1) is 12.1. The average molecular weight is 481 g/mol. The lowest BCUT2D eigenvalue weighted by Gasteiger charge is -2.12. The van der Waals surface area contributed by atoms with Crippen molar-refractivity contribution in [1.29, 1.82) is 0 Å². The van der Waals surface area contributed by atoms with Crippen molar-refractivity contribution in [3.63, 3.8) is 0 Å². The molecule has 7 heteroatoms. The number of hydrogen-bond acceptors (Lipinski definition) is 3. The molecule has 0 heterocycles. The van der Waals surface area contributed by atoms with Gasteiger partial charge in [-0.25, -0.2) is 9.38 Å². The van der Waals surface area contributed by atoms with E-state index in [1.165, 1.54) is 6.07 Å². The lowest BCUT2D eigenvalue weighted by Crippen LogP contribution is -2.39. The summed E-state index contributed by atoms with van der Waals surface area (Å²) < 4.78 is 24.2. The number of benzene rings is 1. The molecule has 0 aromatic heterocycles. The molecule has 0 radical (unpaired) electrons. The number of nitrogens with one attached hydrogen (secondary N) is 2. The van der Waals surface area contributed by atoms with Crippen LogP contribution in [0.3, 0.4) is 0 Å². The maximum atomic E-state index is 13.6. The normalized spacial score (nSPS) is 11.4. The fourth-order valence-corrected chi connectivity index (χ4v) is 2.17. The standard InChI is InChI=1S/C19H32FN3O2.HI/c1-5-21-19(22-9-11-25-10-8-15(2)3)23-13-16-6-7-18(20)17(12-16)14-24-4;/h6-7,12,15H,5,8-11,13-14H2,1-4H3,(H2,21,22,23);1H. The number of guanidine groups is 1. The Morgan fingerprint density at radius 2 is 2.00 bits per heavy atom. The van der Waals surface area contributed by atoms with E-state index in [0.717, 1.165) is 31.1 Å². The number of ether oxygens (including phenoxy) is 2. The molecule has 1 rings (SSSR count). The van der Waals surface area contributed by atoms with Crippen LogP contribution in [0, 0.1) is 11.7 Å². The zero-order valence-electron chi connectivity index (χ0n) is 16.3. The van der Waals surface area contributed by atoms with Crippen molar-refractivity contribution in [2.75, 3.05) is 33.4 Å². The first kappa shape index (κ1) is 25.1. The second-order valence-corrected chi connectivity index (χ2v) is 6.28. The SMILES string of the molecule is CCNC(=NCc1ccc(F)c(COC)c1)NCCOCCC(C)C.I. The minimum Gasteiger partial charge on any atom is -0.380 e. The Morgan fingerprint density at radius 3 is 2.65 bits per heavy atom. The Labute approximate surface area is 174 Å². The maximum Gasteiger partial charge on any atom is 0.191 e. The molecule has 0 saturated carbocycles. The van der Waals surface area contributed by atoms with Gasteiger partial charge in [0, 0.05) is 32.4 Å². The molecule has 1 aromatic carbocycles. The van der Waals surface area contributed by atoms with Crippen LogP contribution >= 0.6 is 24.0 Å². The molecule has 0 atom stereocenters.